The smallest absolute Gasteiger partial charge is 0.220 e. The lowest BCUT2D eigenvalue weighted by Crippen LogP contribution is -2.60. The van der Waals surface area contributed by atoms with E-state index in [1.807, 2.05) is 6.08 Å². The second kappa shape index (κ2) is 38.4. The molecule has 7 unspecified atom stereocenters. The van der Waals surface area contributed by atoms with Crippen LogP contribution >= 0.6 is 0 Å². The molecule has 1 amide bonds. The largest absolute Gasteiger partial charge is 0.394 e. The number of ether oxygens (including phenoxy) is 2. The number of hydrogen-bond acceptors (Lipinski definition) is 8. The molecule has 9 heteroatoms. The zero-order valence-electron chi connectivity index (χ0n) is 36.3. The second-order valence-electron chi connectivity index (χ2n) is 16.2. The van der Waals surface area contributed by atoms with Crippen LogP contribution in [-0.2, 0) is 14.3 Å². The lowest BCUT2D eigenvalue weighted by molar-refractivity contribution is -0.302. The molecule has 0 radical (unpaired) electrons. The maximum atomic E-state index is 12.9. The second-order valence-corrected chi connectivity index (χ2v) is 16.2. The minimum atomic E-state index is -1.58. The van der Waals surface area contributed by atoms with Crippen molar-refractivity contribution in [2.24, 2.45) is 0 Å². The molecule has 0 aromatic heterocycles. The fraction of sp³-hybridized carbons (Fsp3) is 0.812. The Morgan fingerprint density at radius 1 is 0.579 bits per heavy atom. The Hall–Kier alpha value is -1.85. The molecule has 1 aliphatic rings. The standard InChI is InChI=1S/C48H87NO8/c1-3-5-7-9-11-13-15-16-17-18-19-20-21-22-23-24-25-26-27-28-29-31-33-35-37-42(51)41(40-56-48-47(55)46(54)45(53)43(39-50)57-48)49-44(52)38-36-34-32-30-14-12-10-8-6-4-2/h10,12,24-25,28-29,35,37,41-43,45-48,50-51,53-55H,3-9,11,13-23,26-27,30-34,36,38-40H2,1-2H3,(H,49,52)/b12-10-,25-24+,29-28+,37-35+. The van der Waals surface area contributed by atoms with Crippen molar-refractivity contribution >= 4 is 5.91 Å². The molecule has 9 nitrogen and oxygen atoms in total. The van der Waals surface area contributed by atoms with E-state index >= 15 is 0 Å². The lowest BCUT2D eigenvalue weighted by atomic mass is 9.99. The molecule has 1 fully saturated rings. The number of hydrogen-bond donors (Lipinski definition) is 6. The molecule has 0 aliphatic carbocycles. The van der Waals surface area contributed by atoms with E-state index in [9.17, 15) is 30.3 Å². The van der Waals surface area contributed by atoms with Gasteiger partial charge in [0.25, 0.3) is 0 Å². The Balaban J connectivity index is 2.33. The van der Waals surface area contributed by atoms with Crippen molar-refractivity contribution in [1.82, 2.24) is 5.32 Å². The Morgan fingerprint density at radius 2 is 1.02 bits per heavy atom. The Morgan fingerprint density at radius 3 is 1.53 bits per heavy atom. The van der Waals surface area contributed by atoms with Crippen LogP contribution < -0.4 is 5.32 Å². The highest BCUT2D eigenvalue weighted by Crippen LogP contribution is 2.22. The fourth-order valence-corrected chi connectivity index (χ4v) is 7.05. The van der Waals surface area contributed by atoms with E-state index in [4.69, 9.17) is 9.47 Å². The highest BCUT2D eigenvalue weighted by atomic mass is 16.7. The van der Waals surface area contributed by atoms with Crippen LogP contribution in [0.4, 0.5) is 0 Å². The van der Waals surface area contributed by atoms with Gasteiger partial charge in [0.05, 0.1) is 25.4 Å². The van der Waals surface area contributed by atoms with Crippen molar-refractivity contribution in [1.29, 1.82) is 0 Å². The quantitative estimate of drug-likeness (QED) is 0.0267. The van der Waals surface area contributed by atoms with Crippen molar-refractivity contribution in [2.75, 3.05) is 13.2 Å². The Labute approximate surface area is 348 Å². The number of aliphatic hydroxyl groups is 5. The maximum absolute atomic E-state index is 12.9. The molecule has 1 aliphatic heterocycles. The average molecular weight is 806 g/mol. The van der Waals surface area contributed by atoms with Crippen LogP contribution in [0, 0.1) is 0 Å². The van der Waals surface area contributed by atoms with Gasteiger partial charge >= 0.3 is 0 Å². The first-order valence-corrected chi connectivity index (χ1v) is 23.4. The zero-order valence-corrected chi connectivity index (χ0v) is 36.3. The number of carbonyl (C=O) groups is 1. The highest BCUT2D eigenvalue weighted by Gasteiger charge is 2.44. The molecule has 0 spiro atoms. The van der Waals surface area contributed by atoms with Gasteiger partial charge in [0.2, 0.25) is 5.91 Å². The molecular formula is C48H87NO8. The third kappa shape index (κ3) is 29.1. The Bertz CT molecular complexity index is 1030. The van der Waals surface area contributed by atoms with Crippen molar-refractivity contribution in [2.45, 2.75) is 236 Å². The summed E-state index contributed by atoms with van der Waals surface area (Å²) in [5.41, 5.74) is 0. The van der Waals surface area contributed by atoms with Gasteiger partial charge < -0.3 is 40.3 Å². The third-order valence-corrected chi connectivity index (χ3v) is 10.9. The van der Waals surface area contributed by atoms with Crippen molar-refractivity contribution in [3.8, 4) is 0 Å². The minimum Gasteiger partial charge on any atom is -0.394 e. The van der Waals surface area contributed by atoms with Gasteiger partial charge in [-0.15, -0.1) is 0 Å². The molecule has 0 aromatic carbocycles. The normalized spacial score (nSPS) is 21.4. The van der Waals surface area contributed by atoms with Gasteiger partial charge in [-0.2, -0.15) is 0 Å². The Kier molecular flexibility index (Phi) is 35.8. The summed E-state index contributed by atoms with van der Waals surface area (Å²) in [6.45, 7) is 3.69. The summed E-state index contributed by atoms with van der Waals surface area (Å²) in [4.78, 5) is 12.9. The first kappa shape index (κ1) is 53.2. The van der Waals surface area contributed by atoms with Gasteiger partial charge in [-0.1, -0.05) is 172 Å². The number of nitrogens with one attached hydrogen (secondary N) is 1. The SMILES string of the molecule is CCCC/C=C\CCCCCCC(=O)NC(COC1OC(CO)C(O)C(O)C1O)C(O)/C=C/CC/C=C/CC/C=C/CCCCCCCCCCCCCCCC. The predicted molar refractivity (Wildman–Crippen MR) is 235 cm³/mol. The van der Waals surface area contributed by atoms with Crippen LogP contribution in [0.1, 0.15) is 194 Å². The predicted octanol–water partition coefficient (Wildman–Crippen LogP) is 9.84. The van der Waals surface area contributed by atoms with E-state index < -0.39 is 49.5 Å². The molecule has 1 heterocycles. The van der Waals surface area contributed by atoms with E-state index in [2.05, 4.69) is 55.6 Å². The molecule has 0 saturated carbocycles. The number of aliphatic hydroxyl groups excluding tert-OH is 5. The van der Waals surface area contributed by atoms with Crippen LogP contribution in [0.3, 0.4) is 0 Å². The van der Waals surface area contributed by atoms with Crippen LogP contribution in [0.2, 0.25) is 0 Å². The van der Waals surface area contributed by atoms with E-state index in [1.165, 1.54) is 109 Å². The van der Waals surface area contributed by atoms with Gasteiger partial charge in [0, 0.05) is 6.42 Å². The van der Waals surface area contributed by atoms with Gasteiger partial charge in [-0.3, -0.25) is 4.79 Å². The number of rotatable bonds is 38. The van der Waals surface area contributed by atoms with E-state index in [0.717, 1.165) is 64.2 Å². The highest BCUT2D eigenvalue weighted by molar-refractivity contribution is 5.76. The first-order chi connectivity index (χ1) is 27.8. The first-order valence-electron chi connectivity index (χ1n) is 23.4. The number of amides is 1. The van der Waals surface area contributed by atoms with Crippen LogP contribution in [-0.4, -0.2) is 87.5 Å². The maximum Gasteiger partial charge on any atom is 0.220 e. The fourth-order valence-electron chi connectivity index (χ4n) is 7.05. The summed E-state index contributed by atoms with van der Waals surface area (Å²) in [6.07, 6.45) is 41.8. The molecule has 0 bridgehead atoms. The van der Waals surface area contributed by atoms with E-state index in [-0.39, 0.29) is 12.5 Å². The summed E-state index contributed by atoms with van der Waals surface area (Å²) >= 11 is 0. The van der Waals surface area contributed by atoms with Crippen molar-refractivity contribution in [3.63, 3.8) is 0 Å². The summed E-state index contributed by atoms with van der Waals surface area (Å²) in [7, 11) is 0. The van der Waals surface area contributed by atoms with Gasteiger partial charge in [-0.25, -0.2) is 0 Å². The molecule has 7 atom stereocenters. The molecule has 57 heavy (non-hydrogen) atoms. The monoisotopic (exact) mass is 806 g/mol. The molecule has 1 rings (SSSR count). The lowest BCUT2D eigenvalue weighted by Gasteiger charge is -2.40. The van der Waals surface area contributed by atoms with Crippen molar-refractivity contribution in [3.05, 3.63) is 48.6 Å². The summed E-state index contributed by atoms with van der Waals surface area (Å²) in [5, 5.41) is 54.0. The third-order valence-electron chi connectivity index (χ3n) is 10.9. The van der Waals surface area contributed by atoms with E-state index in [0.29, 0.717) is 6.42 Å². The number of unbranched alkanes of at least 4 members (excludes halogenated alkanes) is 22. The van der Waals surface area contributed by atoms with Crippen LogP contribution in [0.15, 0.2) is 48.6 Å². The van der Waals surface area contributed by atoms with E-state index in [1.54, 1.807) is 6.08 Å². The minimum absolute atomic E-state index is 0.208. The zero-order chi connectivity index (χ0) is 41.6. The molecule has 332 valence electrons. The molecule has 0 aromatic rings. The number of allylic oxidation sites excluding steroid dienone is 7. The summed E-state index contributed by atoms with van der Waals surface area (Å²) < 4.78 is 11.2. The van der Waals surface area contributed by atoms with Gasteiger partial charge in [-0.05, 0) is 64.2 Å². The molecular weight excluding hydrogens is 719 g/mol. The molecule has 1 saturated heterocycles. The summed E-state index contributed by atoms with van der Waals surface area (Å²) in [6, 6.07) is -0.832. The number of carbonyl (C=O) groups excluding carboxylic acids is 1. The van der Waals surface area contributed by atoms with Gasteiger partial charge in [0.1, 0.15) is 24.4 Å². The topological polar surface area (TPSA) is 149 Å². The van der Waals surface area contributed by atoms with Crippen LogP contribution in [0.5, 0.6) is 0 Å². The molecule has 6 N–H and O–H groups in total. The van der Waals surface area contributed by atoms with Crippen molar-refractivity contribution < 1.29 is 39.8 Å². The summed E-state index contributed by atoms with van der Waals surface area (Å²) in [5.74, 6) is -0.208. The van der Waals surface area contributed by atoms with Gasteiger partial charge in [0.15, 0.2) is 6.29 Å². The average Bonchev–Trinajstić information content (AvgIpc) is 3.21. The van der Waals surface area contributed by atoms with Crippen LogP contribution in [0.25, 0.3) is 0 Å².